The largest absolute Gasteiger partial charge is 0.481 e. The van der Waals surface area contributed by atoms with Gasteiger partial charge in [-0.15, -0.1) is 6.42 Å². The second kappa shape index (κ2) is 8.61. The van der Waals surface area contributed by atoms with E-state index in [1.165, 1.54) is 12.8 Å². The number of para-hydroxylation sites is 1. The summed E-state index contributed by atoms with van der Waals surface area (Å²) >= 11 is 0. The van der Waals surface area contributed by atoms with E-state index in [1.807, 2.05) is 18.2 Å². The summed E-state index contributed by atoms with van der Waals surface area (Å²) in [5.74, 6) is 4.14. The maximum absolute atomic E-state index is 5.54. The van der Waals surface area contributed by atoms with Gasteiger partial charge in [0.2, 0.25) is 0 Å². The van der Waals surface area contributed by atoms with E-state index in [0.29, 0.717) is 12.6 Å². The number of rotatable bonds is 8. The highest BCUT2D eigenvalue weighted by molar-refractivity contribution is 5.33. The molecule has 2 heteroatoms. The number of ether oxygens (including phenoxy) is 1. The van der Waals surface area contributed by atoms with Crippen LogP contribution in [0.5, 0.6) is 5.75 Å². The SMILES string of the molecule is C#CCOc1ccccc1CNC(C)CC(C)CC. The molecule has 0 amide bonds. The van der Waals surface area contributed by atoms with Gasteiger partial charge in [0.1, 0.15) is 12.4 Å². The Morgan fingerprint density at radius 1 is 1.32 bits per heavy atom. The monoisotopic (exact) mass is 259 g/mol. The van der Waals surface area contributed by atoms with Gasteiger partial charge >= 0.3 is 0 Å². The number of benzene rings is 1. The standard InChI is InChI=1S/C17H25NO/c1-5-11-19-17-10-8-7-9-16(17)13-18-15(4)12-14(3)6-2/h1,7-10,14-15,18H,6,11-13H2,2-4H3. The molecule has 1 aromatic carbocycles. The van der Waals surface area contributed by atoms with Crippen LogP contribution < -0.4 is 10.1 Å². The van der Waals surface area contributed by atoms with Gasteiger partial charge in [-0.05, 0) is 25.3 Å². The lowest BCUT2D eigenvalue weighted by Gasteiger charge is -2.18. The van der Waals surface area contributed by atoms with Crippen LogP contribution in [0.1, 0.15) is 39.2 Å². The van der Waals surface area contributed by atoms with Crippen molar-refractivity contribution in [2.45, 2.75) is 46.2 Å². The first-order valence-electron chi connectivity index (χ1n) is 7.04. The van der Waals surface area contributed by atoms with Crippen molar-refractivity contribution in [2.75, 3.05) is 6.61 Å². The van der Waals surface area contributed by atoms with Crippen LogP contribution in [0.15, 0.2) is 24.3 Å². The summed E-state index contributed by atoms with van der Waals surface area (Å²) in [4.78, 5) is 0. The molecule has 0 bridgehead atoms. The second-order valence-corrected chi connectivity index (χ2v) is 5.13. The number of nitrogens with one attached hydrogen (secondary N) is 1. The molecule has 1 N–H and O–H groups in total. The topological polar surface area (TPSA) is 21.3 Å². The van der Waals surface area contributed by atoms with Gasteiger partial charge in [-0.3, -0.25) is 0 Å². The maximum Gasteiger partial charge on any atom is 0.148 e. The number of hydrogen-bond donors (Lipinski definition) is 1. The van der Waals surface area contributed by atoms with E-state index < -0.39 is 0 Å². The third-order valence-corrected chi connectivity index (χ3v) is 3.38. The van der Waals surface area contributed by atoms with Crippen LogP contribution in [0.2, 0.25) is 0 Å². The van der Waals surface area contributed by atoms with Crippen molar-refractivity contribution in [2.24, 2.45) is 5.92 Å². The summed E-state index contributed by atoms with van der Waals surface area (Å²) in [6.07, 6.45) is 7.66. The fourth-order valence-electron chi connectivity index (χ4n) is 2.05. The first-order valence-corrected chi connectivity index (χ1v) is 7.04. The van der Waals surface area contributed by atoms with Crippen LogP contribution >= 0.6 is 0 Å². The van der Waals surface area contributed by atoms with Gasteiger partial charge in [-0.25, -0.2) is 0 Å². The molecule has 104 valence electrons. The molecule has 0 saturated heterocycles. The molecule has 0 radical (unpaired) electrons. The Labute approximate surface area is 117 Å². The van der Waals surface area contributed by atoms with Crippen molar-refractivity contribution >= 4 is 0 Å². The highest BCUT2D eigenvalue weighted by Gasteiger charge is 2.08. The smallest absolute Gasteiger partial charge is 0.148 e. The van der Waals surface area contributed by atoms with Crippen molar-refractivity contribution in [3.8, 4) is 18.1 Å². The van der Waals surface area contributed by atoms with E-state index in [-0.39, 0.29) is 0 Å². The predicted octanol–water partition coefficient (Wildman–Crippen LogP) is 3.61. The highest BCUT2D eigenvalue weighted by Crippen LogP contribution is 2.18. The van der Waals surface area contributed by atoms with Gasteiger partial charge in [0.15, 0.2) is 0 Å². The average molecular weight is 259 g/mol. The molecule has 0 saturated carbocycles. The minimum absolute atomic E-state index is 0.319. The molecule has 19 heavy (non-hydrogen) atoms. The number of terminal acetylenes is 1. The molecule has 2 atom stereocenters. The van der Waals surface area contributed by atoms with E-state index >= 15 is 0 Å². The van der Waals surface area contributed by atoms with E-state index in [1.54, 1.807) is 0 Å². The normalized spacial score (nSPS) is 13.6. The molecule has 0 spiro atoms. The molecular formula is C17H25NO. The Hall–Kier alpha value is -1.46. The minimum atomic E-state index is 0.319. The van der Waals surface area contributed by atoms with E-state index in [9.17, 15) is 0 Å². The second-order valence-electron chi connectivity index (χ2n) is 5.13. The first-order chi connectivity index (χ1) is 9.17. The zero-order valence-corrected chi connectivity index (χ0v) is 12.3. The molecule has 2 unspecified atom stereocenters. The van der Waals surface area contributed by atoms with E-state index in [2.05, 4.69) is 38.1 Å². The zero-order chi connectivity index (χ0) is 14.1. The zero-order valence-electron chi connectivity index (χ0n) is 12.3. The summed E-state index contributed by atoms with van der Waals surface area (Å²) in [5.41, 5.74) is 1.16. The predicted molar refractivity (Wildman–Crippen MR) is 81.1 cm³/mol. The lowest BCUT2D eigenvalue weighted by molar-refractivity contribution is 0.360. The van der Waals surface area contributed by atoms with Gasteiger partial charge in [0, 0.05) is 18.2 Å². The summed E-state index contributed by atoms with van der Waals surface area (Å²) < 4.78 is 5.54. The molecule has 1 rings (SSSR count). The summed E-state index contributed by atoms with van der Waals surface area (Å²) in [6.45, 7) is 7.90. The van der Waals surface area contributed by atoms with Crippen LogP contribution in [-0.2, 0) is 6.54 Å². The van der Waals surface area contributed by atoms with Gasteiger partial charge in [0.25, 0.3) is 0 Å². The molecule has 2 nitrogen and oxygen atoms in total. The third kappa shape index (κ3) is 5.81. The van der Waals surface area contributed by atoms with Gasteiger partial charge in [-0.2, -0.15) is 0 Å². The summed E-state index contributed by atoms with van der Waals surface area (Å²) in [5, 5.41) is 3.55. The van der Waals surface area contributed by atoms with Crippen LogP contribution in [0, 0.1) is 18.3 Å². The van der Waals surface area contributed by atoms with Gasteiger partial charge in [0.05, 0.1) is 0 Å². The van der Waals surface area contributed by atoms with Crippen LogP contribution in [0.4, 0.5) is 0 Å². The van der Waals surface area contributed by atoms with E-state index in [4.69, 9.17) is 11.2 Å². The van der Waals surface area contributed by atoms with Gasteiger partial charge in [-0.1, -0.05) is 44.4 Å². The lowest BCUT2D eigenvalue weighted by Crippen LogP contribution is -2.27. The summed E-state index contributed by atoms with van der Waals surface area (Å²) in [6, 6.07) is 8.55. The van der Waals surface area contributed by atoms with E-state index in [0.717, 1.165) is 23.8 Å². The Bertz CT molecular complexity index is 408. The van der Waals surface area contributed by atoms with Crippen molar-refractivity contribution in [3.05, 3.63) is 29.8 Å². The van der Waals surface area contributed by atoms with Crippen LogP contribution in [-0.4, -0.2) is 12.6 Å². The molecule has 0 aliphatic heterocycles. The Kier molecular flexibility index (Phi) is 7.07. The first kappa shape index (κ1) is 15.6. The van der Waals surface area contributed by atoms with Crippen molar-refractivity contribution in [1.82, 2.24) is 5.32 Å². The third-order valence-electron chi connectivity index (χ3n) is 3.38. The van der Waals surface area contributed by atoms with Crippen molar-refractivity contribution in [3.63, 3.8) is 0 Å². The van der Waals surface area contributed by atoms with Crippen molar-refractivity contribution in [1.29, 1.82) is 0 Å². The molecule has 0 aliphatic carbocycles. The fourth-order valence-corrected chi connectivity index (χ4v) is 2.05. The Balaban J connectivity index is 2.50. The average Bonchev–Trinajstić information content (AvgIpc) is 2.43. The van der Waals surface area contributed by atoms with Crippen LogP contribution in [0.3, 0.4) is 0 Å². The minimum Gasteiger partial charge on any atom is -0.481 e. The fraction of sp³-hybridized carbons (Fsp3) is 0.529. The molecule has 1 aromatic rings. The molecular weight excluding hydrogens is 234 g/mol. The Morgan fingerprint density at radius 3 is 2.74 bits per heavy atom. The molecule has 0 fully saturated rings. The molecule has 0 aromatic heterocycles. The summed E-state index contributed by atoms with van der Waals surface area (Å²) in [7, 11) is 0. The molecule has 0 heterocycles. The highest BCUT2D eigenvalue weighted by atomic mass is 16.5. The quantitative estimate of drug-likeness (QED) is 0.720. The lowest BCUT2D eigenvalue weighted by atomic mass is 10.0. The molecule has 0 aliphatic rings. The number of hydrogen-bond acceptors (Lipinski definition) is 2. The van der Waals surface area contributed by atoms with Crippen molar-refractivity contribution < 1.29 is 4.74 Å². The van der Waals surface area contributed by atoms with Gasteiger partial charge < -0.3 is 10.1 Å². The Morgan fingerprint density at radius 2 is 2.05 bits per heavy atom. The maximum atomic E-state index is 5.54. The van der Waals surface area contributed by atoms with Crippen LogP contribution in [0.25, 0.3) is 0 Å².